The lowest BCUT2D eigenvalue weighted by Crippen LogP contribution is -2.38. The third kappa shape index (κ3) is 3.70. The molecule has 0 unspecified atom stereocenters. The molecule has 1 N–H and O–H groups in total. The van der Waals surface area contributed by atoms with Gasteiger partial charge in [-0.1, -0.05) is 6.92 Å². The number of nitriles is 1. The number of nitrogens with zero attached hydrogens (tertiary/aromatic N) is 3. The van der Waals surface area contributed by atoms with Crippen LogP contribution in [0, 0.1) is 23.2 Å². The molecule has 0 aromatic carbocycles. The zero-order valence-corrected chi connectivity index (χ0v) is 10.8. The van der Waals surface area contributed by atoms with Gasteiger partial charge in [0.2, 0.25) is 5.91 Å². The Morgan fingerprint density at radius 1 is 1.50 bits per heavy atom. The Balaban J connectivity index is 2.43. The zero-order chi connectivity index (χ0) is 13.7. The van der Waals surface area contributed by atoms with Crippen LogP contribution in [-0.4, -0.2) is 60.0 Å². The molecule has 1 aliphatic heterocycles. The smallest absolute Gasteiger partial charge is 0.308 e. The second kappa shape index (κ2) is 6.36. The van der Waals surface area contributed by atoms with E-state index in [9.17, 15) is 9.59 Å². The summed E-state index contributed by atoms with van der Waals surface area (Å²) in [7, 11) is 1.66. The standard InChI is InChI=1S/C12H19N3O3/c1-9-6-15(7-10(9)12(17)18)8-11(16)14(2)5-3-4-13/h9-10H,3,5-8H2,1-2H3,(H,17,18)/t9-,10-/m1/s1. The molecule has 0 bridgehead atoms. The van der Waals surface area contributed by atoms with Crippen LogP contribution in [0.15, 0.2) is 0 Å². The number of amides is 1. The second-order valence-corrected chi connectivity index (χ2v) is 4.84. The fourth-order valence-electron chi connectivity index (χ4n) is 2.17. The van der Waals surface area contributed by atoms with Crippen LogP contribution in [0.3, 0.4) is 0 Å². The molecule has 100 valence electrons. The molecule has 1 saturated heterocycles. The predicted octanol–water partition coefficient (Wildman–Crippen LogP) is 0.0110. The first kappa shape index (κ1) is 14.5. The van der Waals surface area contributed by atoms with Crippen LogP contribution >= 0.6 is 0 Å². The van der Waals surface area contributed by atoms with Crippen molar-refractivity contribution in [3.8, 4) is 6.07 Å². The molecule has 0 aliphatic carbocycles. The van der Waals surface area contributed by atoms with Gasteiger partial charge in [-0.05, 0) is 5.92 Å². The molecule has 1 fully saturated rings. The van der Waals surface area contributed by atoms with Gasteiger partial charge in [-0.25, -0.2) is 0 Å². The second-order valence-electron chi connectivity index (χ2n) is 4.84. The molecule has 18 heavy (non-hydrogen) atoms. The van der Waals surface area contributed by atoms with Crippen molar-refractivity contribution < 1.29 is 14.7 Å². The van der Waals surface area contributed by atoms with Crippen molar-refractivity contribution in [2.24, 2.45) is 11.8 Å². The normalized spacial score (nSPS) is 23.6. The topological polar surface area (TPSA) is 84.6 Å². The van der Waals surface area contributed by atoms with E-state index in [1.165, 1.54) is 4.90 Å². The molecule has 0 aromatic heterocycles. The number of aliphatic carboxylic acids is 1. The zero-order valence-electron chi connectivity index (χ0n) is 10.8. The van der Waals surface area contributed by atoms with Gasteiger partial charge in [-0.15, -0.1) is 0 Å². The fourth-order valence-corrected chi connectivity index (χ4v) is 2.17. The lowest BCUT2D eigenvalue weighted by molar-refractivity contribution is -0.142. The van der Waals surface area contributed by atoms with Gasteiger partial charge < -0.3 is 10.0 Å². The van der Waals surface area contributed by atoms with Crippen LogP contribution in [0.5, 0.6) is 0 Å². The quantitative estimate of drug-likeness (QED) is 0.746. The summed E-state index contributed by atoms with van der Waals surface area (Å²) in [5.74, 6) is -1.18. The maximum absolute atomic E-state index is 11.8. The van der Waals surface area contributed by atoms with Gasteiger partial charge in [0, 0.05) is 26.7 Å². The number of rotatable bonds is 5. The Labute approximate surface area is 107 Å². The lowest BCUT2D eigenvalue weighted by atomic mass is 9.99. The van der Waals surface area contributed by atoms with Crippen LogP contribution < -0.4 is 0 Å². The molecular weight excluding hydrogens is 234 g/mol. The van der Waals surface area contributed by atoms with Gasteiger partial charge in [0.15, 0.2) is 0 Å². The van der Waals surface area contributed by atoms with Crippen LogP contribution in [0.25, 0.3) is 0 Å². The van der Waals surface area contributed by atoms with Crippen LogP contribution in [0.4, 0.5) is 0 Å². The summed E-state index contributed by atoms with van der Waals surface area (Å²) in [6.07, 6.45) is 0.316. The minimum Gasteiger partial charge on any atom is -0.481 e. The number of likely N-dealkylation sites (tertiary alicyclic amines) is 1. The molecule has 1 heterocycles. The van der Waals surface area contributed by atoms with Crippen molar-refractivity contribution >= 4 is 11.9 Å². The van der Waals surface area contributed by atoms with E-state index in [0.717, 1.165) is 0 Å². The van der Waals surface area contributed by atoms with Crippen molar-refractivity contribution in [3.63, 3.8) is 0 Å². The molecule has 6 heteroatoms. The molecule has 0 radical (unpaired) electrons. The number of carbonyl (C=O) groups excluding carboxylic acids is 1. The van der Waals surface area contributed by atoms with Crippen molar-refractivity contribution in [2.75, 3.05) is 33.2 Å². The summed E-state index contributed by atoms with van der Waals surface area (Å²) in [5, 5.41) is 17.5. The first-order valence-electron chi connectivity index (χ1n) is 6.01. The highest BCUT2D eigenvalue weighted by molar-refractivity contribution is 5.78. The van der Waals surface area contributed by atoms with Gasteiger partial charge in [0.25, 0.3) is 0 Å². The van der Waals surface area contributed by atoms with Crippen molar-refractivity contribution in [2.45, 2.75) is 13.3 Å². The van der Waals surface area contributed by atoms with E-state index in [0.29, 0.717) is 26.1 Å². The Morgan fingerprint density at radius 3 is 2.67 bits per heavy atom. The molecular formula is C12H19N3O3. The average Bonchev–Trinajstić information content (AvgIpc) is 2.67. The van der Waals surface area contributed by atoms with Crippen LogP contribution in [0.2, 0.25) is 0 Å². The molecule has 6 nitrogen and oxygen atoms in total. The molecule has 0 saturated carbocycles. The Hall–Kier alpha value is -1.61. The summed E-state index contributed by atoms with van der Waals surface area (Å²) >= 11 is 0. The van der Waals surface area contributed by atoms with Crippen molar-refractivity contribution in [1.82, 2.24) is 9.80 Å². The Morgan fingerprint density at radius 2 is 2.17 bits per heavy atom. The minimum atomic E-state index is -0.796. The van der Waals surface area contributed by atoms with Gasteiger partial charge in [0.1, 0.15) is 0 Å². The maximum Gasteiger partial charge on any atom is 0.308 e. The summed E-state index contributed by atoms with van der Waals surface area (Å²) in [5.41, 5.74) is 0. The number of likely N-dealkylation sites (N-methyl/N-ethyl adjacent to an activating group) is 1. The highest BCUT2D eigenvalue weighted by Crippen LogP contribution is 2.22. The van der Waals surface area contributed by atoms with Crippen molar-refractivity contribution in [3.05, 3.63) is 0 Å². The number of carbonyl (C=O) groups is 2. The number of hydrogen-bond acceptors (Lipinski definition) is 4. The summed E-state index contributed by atoms with van der Waals surface area (Å²) in [6.45, 7) is 3.60. The van der Waals surface area contributed by atoms with E-state index in [2.05, 4.69) is 0 Å². The highest BCUT2D eigenvalue weighted by Gasteiger charge is 2.35. The van der Waals surface area contributed by atoms with Crippen LogP contribution in [0.1, 0.15) is 13.3 Å². The molecule has 1 aliphatic rings. The lowest BCUT2D eigenvalue weighted by Gasteiger charge is -2.20. The fraction of sp³-hybridized carbons (Fsp3) is 0.750. The average molecular weight is 253 g/mol. The van der Waals surface area contributed by atoms with Gasteiger partial charge in [-0.3, -0.25) is 14.5 Å². The third-order valence-corrected chi connectivity index (χ3v) is 3.35. The predicted molar refractivity (Wildman–Crippen MR) is 64.6 cm³/mol. The van der Waals surface area contributed by atoms with Gasteiger partial charge in [0.05, 0.1) is 25.0 Å². The van der Waals surface area contributed by atoms with E-state index in [1.54, 1.807) is 7.05 Å². The van der Waals surface area contributed by atoms with E-state index < -0.39 is 5.97 Å². The molecule has 0 aromatic rings. The van der Waals surface area contributed by atoms with Crippen LogP contribution in [-0.2, 0) is 9.59 Å². The Bertz CT molecular complexity index is 364. The Kier molecular flexibility index (Phi) is 5.10. The van der Waals surface area contributed by atoms with E-state index in [4.69, 9.17) is 10.4 Å². The summed E-state index contributed by atoms with van der Waals surface area (Å²) < 4.78 is 0. The van der Waals surface area contributed by atoms with Gasteiger partial charge >= 0.3 is 5.97 Å². The van der Waals surface area contributed by atoms with E-state index in [1.807, 2.05) is 17.9 Å². The summed E-state index contributed by atoms with van der Waals surface area (Å²) in [4.78, 5) is 26.2. The van der Waals surface area contributed by atoms with E-state index >= 15 is 0 Å². The highest BCUT2D eigenvalue weighted by atomic mass is 16.4. The molecule has 1 amide bonds. The monoisotopic (exact) mass is 253 g/mol. The first-order valence-corrected chi connectivity index (χ1v) is 6.01. The maximum atomic E-state index is 11.8. The minimum absolute atomic E-state index is 0.0662. The molecule has 2 atom stereocenters. The SMILES string of the molecule is C[C@@H]1CN(CC(=O)N(C)CCC#N)C[C@H]1C(=O)O. The van der Waals surface area contributed by atoms with Gasteiger partial charge in [-0.2, -0.15) is 5.26 Å². The molecule has 1 rings (SSSR count). The number of carboxylic acids is 1. The first-order chi connectivity index (χ1) is 8.45. The largest absolute Gasteiger partial charge is 0.481 e. The number of hydrogen-bond donors (Lipinski definition) is 1. The number of carboxylic acid groups (broad SMARTS) is 1. The third-order valence-electron chi connectivity index (χ3n) is 3.35. The van der Waals surface area contributed by atoms with Crippen molar-refractivity contribution in [1.29, 1.82) is 5.26 Å². The molecule has 0 spiro atoms. The van der Waals surface area contributed by atoms with E-state index in [-0.39, 0.29) is 24.3 Å². The summed E-state index contributed by atoms with van der Waals surface area (Å²) in [6, 6.07) is 1.99.